The number of benzene rings is 2. The summed E-state index contributed by atoms with van der Waals surface area (Å²) in [6, 6.07) is 11.9. The molecule has 3 amide bonds. The largest absolute Gasteiger partial charge is 0.350 e. The topological polar surface area (TPSA) is 69.7 Å². The first-order valence-corrected chi connectivity index (χ1v) is 11.3. The molecule has 0 aromatic heterocycles. The van der Waals surface area contributed by atoms with Gasteiger partial charge in [0, 0.05) is 29.4 Å². The van der Waals surface area contributed by atoms with Crippen LogP contribution in [0.5, 0.6) is 0 Å². The standard InChI is InChI=1S/C24H23Cl2N3O3/c1-15-9-10-17(25)14-19(15)29-23(31)20(26)21(24(29)32)27-18-8-6-7-16(13-18)22(30)28-11-4-2-3-5-12-28/h6-10,13-14,27H,2-5,11-12H2,1H3. The fourth-order valence-corrected chi connectivity index (χ4v) is 4.36. The number of anilines is 2. The normalized spacial score (nSPS) is 17.1. The van der Waals surface area contributed by atoms with E-state index in [1.807, 2.05) is 4.90 Å². The van der Waals surface area contributed by atoms with Gasteiger partial charge in [0.1, 0.15) is 10.7 Å². The van der Waals surface area contributed by atoms with Gasteiger partial charge in [-0.05, 0) is 55.7 Å². The molecule has 0 saturated carbocycles. The van der Waals surface area contributed by atoms with Gasteiger partial charge in [-0.3, -0.25) is 14.4 Å². The van der Waals surface area contributed by atoms with Crippen molar-refractivity contribution in [3.63, 3.8) is 0 Å². The highest BCUT2D eigenvalue weighted by molar-refractivity contribution is 6.53. The maximum absolute atomic E-state index is 13.1. The predicted molar refractivity (Wildman–Crippen MR) is 126 cm³/mol. The first-order valence-electron chi connectivity index (χ1n) is 10.6. The molecule has 0 aliphatic carbocycles. The molecule has 32 heavy (non-hydrogen) atoms. The van der Waals surface area contributed by atoms with Gasteiger partial charge in [0.05, 0.1) is 5.69 Å². The third-order valence-corrected chi connectivity index (χ3v) is 6.30. The number of hydrogen-bond donors (Lipinski definition) is 1. The fraction of sp³-hybridized carbons (Fsp3) is 0.292. The van der Waals surface area contributed by atoms with Crippen LogP contribution in [0.4, 0.5) is 11.4 Å². The molecule has 1 fully saturated rings. The molecule has 0 spiro atoms. The number of aryl methyl sites for hydroxylation is 1. The predicted octanol–water partition coefficient (Wildman–Crippen LogP) is 5.10. The third kappa shape index (κ3) is 4.38. The average molecular weight is 472 g/mol. The first kappa shape index (κ1) is 22.4. The monoisotopic (exact) mass is 471 g/mol. The lowest BCUT2D eigenvalue weighted by molar-refractivity contribution is -0.120. The fourth-order valence-electron chi connectivity index (χ4n) is 3.98. The first-order chi connectivity index (χ1) is 15.4. The van der Waals surface area contributed by atoms with Gasteiger partial charge in [0.2, 0.25) is 0 Å². The van der Waals surface area contributed by atoms with Crippen molar-refractivity contribution in [2.75, 3.05) is 23.3 Å². The summed E-state index contributed by atoms with van der Waals surface area (Å²) in [4.78, 5) is 41.7. The molecular formula is C24H23Cl2N3O3. The number of halogens is 2. The molecule has 2 aliphatic rings. The van der Waals surface area contributed by atoms with Crippen LogP contribution in [0.15, 0.2) is 53.2 Å². The lowest BCUT2D eigenvalue weighted by Gasteiger charge is -2.21. The van der Waals surface area contributed by atoms with Crippen LogP contribution < -0.4 is 10.2 Å². The molecule has 1 N–H and O–H groups in total. The number of imide groups is 1. The van der Waals surface area contributed by atoms with Crippen molar-refractivity contribution >= 4 is 52.3 Å². The van der Waals surface area contributed by atoms with Gasteiger partial charge in [0.25, 0.3) is 17.7 Å². The van der Waals surface area contributed by atoms with Crippen molar-refractivity contribution in [3.05, 3.63) is 69.3 Å². The zero-order chi connectivity index (χ0) is 22.8. The van der Waals surface area contributed by atoms with Crippen LogP contribution in [0.3, 0.4) is 0 Å². The molecule has 8 heteroatoms. The van der Waals surface area contributed by atoms with E-state index in [1.54, 1.807) is 49.4 Å². The van der Waals surface area contributed by atoms with Gasteiger partial charge in [-0.1, -0.05) is 48.2 Å². The van der Waals surface area contributed by atoms with Crippen LogP contribution in [0.1, 0.15) is 41.6 Å². The molecule has 2 aliphatic heterocycles. The van der Waals surface area contributed by atoms with E-state index in [0.29, 0.717) is 27.5 Å². The molecule has 0 atom stereocenters. The molecule has 0 radical (unpaired) electrons. The van der Waals surface area contributed by atoms with Crippen molar-refractivity contribution in [1.29, 1.82) is 0 Å². The lowest BCUT2D eigenvalue weighted by atomic mass is 10.1. The number of carbonyl (C=O) groups excluding carboxylic acids is 3. The molecule has 2 heterocycles. The number of likely N-dealkylation sites (tertiary alicyclic amines) is 1. The van der Waals surface area contributed by atoms with E-state index in [0.717, 1.165) is 43.7 Å². The van der Waals surface area contributed by atoms with Crippen LogP contribution in [-0.2, 0) is 9.59 Å². The summed E-state index contributed by atoms with van der Waals surface area (Å²) in [5, 5.41) is 3.14. The number of nitrogens with one attached hydrogen (secondary N) is 1. The second-order valence-corrected chi connectivity index (χ2v) is 8.79. The number of amides is 3. The lowest BCUT2D eigenvalue weighted by Crippen LogP contribution is -2.33. The van der Waals surface area contributed by atoms with Gasteiger partial charge in [-0.25, -0.2) is 4.90 Å². The van der Waals surface area contributed by atoms with E-state index < -0.39 is 11.8 Å². The van der Waals surface area contributed by atoms with Gasteiger partial charge < -0.3 is 10.2 Å². The second-order valence-electron chi connectivity index (χ2n) is 7.98. The Hall–Kier alpha value is -2.83. The van der Waals surface area contributed by atoms with E-state index in [-0.39, 0.29) is 16.6 Å². The third-order valence-electron chi connectivity index (χ3n) is 5.71. The minimum Gasteiger partial charge on any atom is -0.350 e. The van der Waals surface area contributed by atoms with E-state index >= 15 is 0 Å². The molecular weight excluding hydrogens is 449 g/mol. The summed E-state index contributed by atoms with van der Waals surface area (Å²) in [5.41, 5.74) is 2.09. The number of carbonyl (C=O) groups is 3. The maximum Gasteiger partial charge on any atom is 0.283 e. The highest BCUT2D eigenvalue weighted by Crippen LogP contribution is 2.33. The summed E-state index contributed by atoms with van der Waals surface area (Å²) < 4.78 is 0. The number of hydrogen-bond acceptors (Lipinski definition) is 4. The SMILES string of the molecule is Cc1ccc(Cl)cc1N1C(=O)C(Cl)=C(Nc2cccc(C(=O)N3CCCCCC3)c2)C1=O. The zero-order valence-electron chi connectivity index (χ0n) is 17.7. The smallest absolute Gasteiger partial charge is 0.283 e. The Kier molecular flexibility index (Phi) is 6.53. The van der Waals surface area contributed by atoms with Gasteiger partial charge in [-0.2, -0.15) is 0 Å². The van der Waals surface area contributed by atoms with E-state index in [1.165, 1.54) is 0 Å². The molecule has 2 aromatic carbocycles. The van der Waals surface area contributed by atoms with E-state index in [2.05, 4.69) is 5.32 Å². The van der Waals surface area contributed by atoms with Gasteiger partial charge in [-0.15, -0.1) is 0 Å². The van der Waals surface area contributed by atoms with Crippen molar-refractivity contribution in [3.8, 4) is 0 Å². The Morgan fingerprint density at radius 3 is 2.38 bits per heavy atom. The minimum absolute atomic E-state index is 0.0320. The van der Waals surface area contributed by atoms with Crippen LogP contribution >= 0.6 is 23.2 Å². The summed E-state index contributed by atoms with van der Waals surface area (Å²) in [6.07, 6.45) is 4.27. The Morgan fingerprint density at radius 2 is 1.66 bits per heavy atom. The maximum atomic E-state index is 13.1. The molecule has 0 unspecified atom stereocenters. The highest BCUT2D eigenvalue weighted by Gasteiger charge is 2.39. The van der Waals surface area contributed by atoms with Crippen molar-refractivity contribution in [1.82, 2.24) is 4.90 Å². The molecule has 4 rings (SSSR count). The molecule has 0 bridgehead atoms. The summed E-state index contributed by atoms with van der Waals surface area (Å²) in [7, 11) is 0. The molecule has 1 saturated heterocycles. The van der Waals surface area contributed by atoms with Crippen molar-refractivity contribution in [2.45, 2.75) is 32.6 Å². The van der Waals surface area contributed by atoms with Crippen molar-refractivity contribution < 1.29 is 14.4 Å². The Morgan fingerprint density at radius 1 is 0.938 bits per heavy atom. The minimum atomic E-state index is -0.624. The van der Waals surface area contributed by atoms with Crippen molar-refractivity contribution in [2.24, 2.45) is 0 Å². The summed E-state index contributed by atoms with van der Waals surface area (Å²) in [5.74, 6) is -1.24. The van der Waals surface area contributed by atoms with Gasteiger partial charge >= 0.3 is 0 Å². The van der Waals surface area contributed by atoms with Crippen LogP contribution in [0, 0.1) is 6.92 Å². The molecule has 6 nitrogen and oxygen atoms in total. The molecule has 2 aromatic rings. The quantitative estimate of drug-likeness (QED) is 0.629. The second kappa shape index (κ2) is 9.35. The average Bonchev–Trinajstić information content (AvgIpc) is 2.99. The van der Waals surface area contributed by atoms with E-state index in [4.69, 9.17) is 23.2 Å². The Balaban J connectivity index is 1.57. The van der Waals surface area contributed by atoms with Crippen LogP contribution in [0.2, 0.25) is 5.02 Å². The number of nitrogens with zero attached hydrogens (tertiary/aromatic N) is 2. The Bertz CT molecular complexity index is 1120. The van der Waals surface area contributed by atoms with Crippen LogP contribution in [0.25, 0.3) is 0 Å². The zero-order valence-corrected chi connectivity index (χ0v) is 19.2. The number of rotatable bonds is 4. The summed E-state index contributed by atoms with van der Waals surface area (Å²) >= 11 is 12.3. The molecule has 166 valence electrons. The summed E-state index contributed by atoms with van der Waals surface area (Å²) in [6.45, 7) is 3.27. The highest BCUT2D eigenvalue weighted by atomic mass is 35.5. The van der Waals surface area contributed by atoms with Crippen LogP contribution in [-0.4, -0.2) is 35.7 Å². The van der Waals surface area contributed by atoms with Gasteiger partial charge in [0.15, 0.2) is 0 Å². The Labute approximate surface area is 196 Å². The van der Waals surface area contributed by atoms with E-state index in [9.17, 15) is 14.4 Å².